The average molecular weight is 328 g/mol. The summed E-state index contributed by atoms with van der Waals surface area (Å²) < 4.78 is 13.0. The first-order valence-corrected chi connectivity index (χ1v) is 7.98. The molecule has 0 atom stereocenters. The predicted molar refractivity (Wildman–Crippen MR) is 94.5 cm³/mol. The van der Waals surface area contributed by atoms with Gasteiger partial charge < -0.3 is 16.0 Å². The molecule has 1 fully saturated rings. The van der Waals surface area contributed by atoms with Crippen LogP contribution in [0.2, 0.25) is 0 Å². The van der Waals surface area contributed by atoms with Crippen molar-refractivity contribution >= 4 is 23.0 Å². The third-order valence-electron chi connectivity index (χ3n) is 4.10. The molecule has 0 unspecified atom stereocenters. The lowest BCUT2D eigenvalue weighted by molar-refractivity contribution is -0.117. The zero-order valence-corrected chi connectivity index (χ0v) is 13.4. The number of nitrogens with one attached hydrogen (secondary N) is 1. The molecular formula is C18H21FN4O. The molecule has 2 aromatic carbocycles. The summed E-state index contributed by atoms with van der Waals surface area (Å²) in [5.74, 6) is -0.272. The highest BCUT2D eigenvalue weighted by Crippen LogP contribution is 2.17. The Balaban J connectivity index is 1.48. The van der Waals surface area contributed by atoms with Gasteiger partial charge in [-0.05, 0) is 42.5 Å². The maximum Gasteiger partial charge on any atom is 0.238 e. The maximum absolute atomic E-state index is 13.0. The first-order valence-electron chi connectivity index (χ1n) is 7.98. The molecule has 0 radical (unpaired) electrons. The number of rotatable bonds is 4. The third kappa shape index (κ3) is 4.23. The molecule has 0 aliphatic carbocycles. The van der Waals surface area contributed by atoms with Crippen LogP contribution in [0.1, 0.15) is 0 Å². The standard InChI is InChI=1S/C18H21FN4O/c19-14-4-6-17(7-5-14)23-10-8-22(9-11-23)13-18(24)21-16-3-1-2-15(20)12-16/h1-7,12H,8-11,13,20H2,(H,21,24). The van der Waals surface area contributed by atoms with Gasteiger partial charge in [-0.1, -0.05) is 6.07 Å². The molecule has 0 spiro atoms. The summed E-state index contributed by atoms with van der Waals surface area (Å²) in [5, 5.41) is 2.86. The summed E-state index contributed by atoms with van der Waals surface area (Å²) in [5.41, 5.74) is 8.06. The molecule has 0 aromatic heterocycles. The Morgan fingerprint density at radius 2 is 1.79 bits per heavy atom. The van der Waals surface area contributed by atoms with Gasteiger partial charge in [-0.25, -0.2) is 4.39 Å². The second-order valence-electron chi connectivity index (χ2n) is 5.91. The molecular weight excluding hydrogens is 307 g/mol. The third-order valence-corrected chi connectivity index (χ3v) is 4.10. The number of halogens is 1. The predicted octanol–water partition coefficient (Wildman–Crippen LogP) is 2.17. The number of carbonyl (C=O) groups is 1. The van der Waals surface area contributed by atoms with Gasteiger partial charge in [0.15, 0.2) is 0 Å². The van der Waals surface area contributed by atoms with Gasteiger partial charge in [0.25, 0.3) is 0 Å². The summed E-state index contributed by atoms with van der Waals surface area (Å²) in [6.07, 6.45) is 0. The zero-order chi connectivity index (χ0) is 16.9. The lowest BCUT2D eigenvalue weighted by Crippen LogP contribution is -2.48. The molecule has 126 valence electrons. The number of nitrogens with zero attached hydrogens (tertiary/aromatic N) is 2. The van der Waals surface area contributed by atoms with Gasteiger partial charge in [0.1, 0.15) is 5.82 Å². The summed E-state index contributed by atoms with van der Waals surface area (Å²) in [4.78, 5) is 16.4. The summed E-state index contributed by atoms with van der Waals surface area (Å²) in [7, 11) is 0. The molecule has 3 rings (SSSR count). The van der Waals surface area contributed by atoms with Gasteiger partial charge >= 0.3 is 0 Å². The van der Waals surface area contributed by atoms with Crippen molar-refractivity contribution in [2.24, 2.45) is 0 Å². The Bertz CT molecular complexity index is 696. The first kappa shape index (κ1) is 16.3. The number of amides is 1. The number of piperazine rings is 1. The second-order valence-corrected chi connectivity index (χ2v) is 5.91. The highest BCUT2D eigenvalue weighted by Gasteiger charge is 2.19. The van der Waals surface area contributed by atoms with Crippen LogP contribution in [0.5, 0.6) is 0 Å². The number of hydrogen-bond donors (Lipinski definition) is 2. The number of nitrogen functional groups attached to an aromatic ring is 1. The summed E-state index contributed by atoms with van der Waals surface area (Å²) in [6.45, 7) is 3.57. The maximum atomic E-state index is 13.0. The minimum Gasteiger partial charge on any atom is -0.399 e. The van der Waals surface area contributed by atoms with E-state index in [0.717, 1.165) is 31.9 Å². The average Bonchev–Trinajstić information content (AvgIpc) is 2.56. The number of anilines is 3. The van der Waals surface area contributed by atoms with Crippen molar-refractivity contribution in [2.45, 2.75) is 0 Å². The molecule has 0 saturated carbocycles. The van der Waals surface area contributed by atoms with Crippen molar-refractivity contribution in [1.82, 2.24) is 4.90 Å². The van der Waals surface area contributed by atoms with E-state index in [0.29, 0.717) is 17.9 Å². The van der Waals surface area contributed by atoms with Crippen LogP contribution < -0.4 is 16.0 Å². The van der Waals surface area contributed by atoms with Crippen molar-refractivity contribution in [3.63, 3.8) is 0 Å². The van der Waals surface area contributed by atoms with E-state index in [-0.39, 0.29) is 11.7 Å². The number of hydrogen-bond acceptors (Lipinski definition) is 4. The molecule has 1 saturated heterocycles. The SMILES string of the molecule is Nc1cccc(NC(=O)CN2CCN(c3ccc(F)cc3)CC2)c1. The molecule has 24 heavy (non-hydrogen) atoms. The Morgan fingerprint density at radius 1 is 1.08 bits per heavy atom. The highest BCUT2D eigenvalue weighted by molar-refractivity contribution is 5.92. The monoisotopic (exact) mass is 328 g/mol. The normalized spacial score (nSPS) is 15.3. The summed E-state index contributed by atoms with van der Waals surface area (Å²) >= 11 is 0. The van der Waals surface area contributed by atoms with Crippen molar-refractivity contribution in [3.8, 4) is 0 Å². The Labute approximate surface area is 140 Å². The Morgan fingerprint density at radius 3 is 2.46 bits per heavy atom. The molecule has 1 heterocycles. The van der Waals surface area contributed by atoms with Crippen LogP contribution in [0, 0.1) is 5.82 Å². The molecule has 6 heteroatoms. The van der Waals surface area contributed by atoms with Crippen LogP contribution in [0.4, 0.5) is 21.5 Å². The van der Waals surface area contributed by atoms with Crippen molar-refractivity contribution in [2.75, 3.05) is 48.7 Å². The van der Waals surface area contributed by atoms with Gasteiger partial charge in [0.05, 0.1) is 6.54 Å². The Hall–Kier alpha value is -2.60. The lowest BCUT2D eigenvalue weighted by atomic mass is 10.2. The fourth-order valence-electron chi connectivity index (χ4n) is 2.84. The topological polar surface area (TPSA) is 61.6 Å². The van der Waals surface area contributed by atoms with Gasteiger partial charge in [0, 0.05) is 43.2 Å². The number of benzene rings is 2. The highest BCUT2D eigenvalue weighted by atomic mass is 19.1. The van der Waals surface area contributed by atoms with Crippen molar-refractivity contribution in [3.05, 3.63) is 54.3 Å². The van der Waals surface area contributed by atoms with Crippen LogP contribution in [0.3, 0.4) is 0 Å². The van der Waals surface area contributed by atoms with Crippen molar-refractivity contribution < 1.29 is 9.18 Å². The largest absolute Gasteiger partial charge is 0.399 e. The Kier molecular flexibility index (Phi) is 4.96. The zero-order valence-electron chi connectivity index (χ0n) is 13.4. The molecule has 0 bridgehead atoms. The number of nitrogens with two attached hydrogens (primary N) is 1. The van der Waals surface area contributed by atoms with E-state index in [1.807, 2.05) is 12.1 Å². The fourth-order valence-corrected chi connectivity index (χ4v) is 2.84. The smallest absolute Gasteiger partial charge is 0.238 e. The molecule has 5 nitrogen and oxygen atoms in total. The lowest BCUT2D eigenvalue weighted by Gasteiger charge is -2.35. The summed E-state index contributed by atoms with van der Waals surface area (Å²) in [6, 6.07) is 13.7. The van der Waals surface area contributed by atoms with Crippen LogP contribution in [-0.4, -0.2) is 43.5 Å². The fraction of sp³-hybridized carbons (Fsp3) is 0.278. The van der Waals surface area contributed by atoms with Gasteiger partial charge in [-0.3, -0.25) is 9.69 Å². The molecule has 3 N–H and O–H groups in total. The molecule has 1 amide bonds. The van der Waals surface area contributed by atoms with E-state index in [4.69, 9.17) is 5.73 Å². The van der Waals surface area contributed by atoms with Crippen LogP contribution in [-0.2, 0) is 4.79 Å². The minimum atomic E-state index is -0.226. The molecule has 1 aliphatic rings. The first-order chi connectivity index (χ1) is 11.6. The van der Waals surface area contributed by atoms with E-state index < -0.39 is 0 Å². The van der Waals surface area contributed by atoms with Gasteiger partial charge in [-0.2, -0.15) is 0 Å². The van der Waals surface area contributed by atoms with E-state index in [1.54, 1.807) is 24.3 Å². The number of carbonyl (C=O) groups excluding carboxylic acids is 1. The van der Waals surface area contributed by atoms with Crippen LogP contribution >= 0.6 is 0 Å². The van der Waals surface area contributed by atoms with E-state index in [9.17, 15) is 9.18 Å². The van der Waals surface area contributed by atoms with Gasteiger partial charge in [0.2, 0.25) is 5.91 Å². The van der Waals surface area contributed by atoms with Crippen LogP contribution in [0.15, 0.2) is 48.5 Å². The van der Waals surface area contributed by atoms with Crippen molar-refractivity contribution in [1.29, 1.82) is 0 Å². The molecule has 2 aromatic rings. The van der Waals surface area contributed by atoms with Crippen LogP contribution in [0.25, 0.3) is 0 Å². The van der Waals surface area contributed by atoms with E-state index >= 15 is 0 Å². The van der Waals surface area contributed by atoms with E-state index in [2.05, 4.69) is 15.1 Å². The second kappa shape index (κ2) is 7.31. The quantitative estimate of drug-likeness (QED) is 0.845. The minimum absolute atomic E-state index is 0.0455. The van der Waals surface area contributed by atoms with Gasteiger partial charge in [-0.15, -0.1) is 0 Å². The van der Waals surface area contributed by atoms with E-state index in [1.165, 1.54) is 12.1 Å². The molecule has 1 aliphatic heterocycles.